The van der Waals surface area contributed by atoms with E-state index in [-0.39, 0.29) is 10.8 Å². The number of fused-ring (bicyclic) bond motifs is 3. The molecule has 35 heavy (non-hydrogen) atoms. The molecule has 0 aliphatic rings. The van der Waals surface area contributed by atoms with Gasteiger partial charge in [0.2, 0.25) is 0 Å². The molecular formula is C33H32N2. The lowest BCUT2D eigenvalue weighted by atomic mass is 9.85. The van der Waals surface area contributed by atoms with Gasteiger partial charge in [-0.2, -0.15) is 5.26 Å². The number of aromatic nitrogens is 1. The van der Waals surface area contributed by atoms with E-state index in [9.17, 15) is 5.26 Å². The van der Waals surface area contributed by atoms with Crippen molar-refractivity contribution < 1.29 is 0 Å². The molecule has 1 aromatic heterocycles. The highest BCUT2D eigenvalue weighted by atomic mass is 15.0. The van der Waals surface area contributed by atoms with E-state index in [4.69, 9.17) is 0 Å². The first-order valence-corrected chi connectivity index (χ1v) is 12.3. The van der Waals surface area contributed by atoms with Gasteiger partial charge in [0, 0.05) is 21.9 Å². The Balaban J connectivity index is 1.90. The lowest BCUT2D eigenvalue weighted by Crippen LogP contribution is -2.10. The van der Waals surface area contributed by atoms with E-state index in [0.717, 1.165) is 16.8 Å². The van der Waals surface area contributed by atoms with Crippen LogP contribution in [0.3, 0.4) is 0 Å². The molecule has 4 aromatic carbocycles. The molecule has 0 bridgehead atoms. The highest BCUT2D eigenvalue weighted by Gasteiger charge is 2.22. The van der Waals surface area contributed by atoms with Crippen LogP contribution in [0.5, 0.6) is 0 Å². The SMILES string of the molecule is CC(C)(C)c1ccc2c(c1)c1cc(C(C)(C)C)ccc1n2-c1ccccc1-c1ccccc1C#N. The van der Waals surface area contributed by atoms with Crippen LogP contribution in [-0.4, -0.2) is 4.57 Å². The van der Waals surface area contributed by atoms with Crippen LogP contribution in [0.1, 0.15) is 58.2 Å². The lowest BCUT2D eigenvalue weighted by Gasteiger charge is -2.19. The maximum atomic E-state index is 9.80. The fraction of sp³-hybridized carbons (Fsp3) is 0.242. The fourth-order valence-corrected chi connectivity index (χ4v) is 4.93. The second kappa shape index (κ2) is 8.14. The van der Waals surface area contributed by atoms with Gasteiger partial charge in [-0.1, -0.05) is 90.1 Å². The summed E-state index contributed by atoms with van der Waals surface area (Å²) >= 11 is 0. The summed E-state index contributed by atoms with van der Waals surface area (Å²) in [4.78, 5) is 0. The Morgan fingerprint density at radius 3 is 1.60 bits per heavy atom. The first-order chi connectivity index (χ1) is 16.6. The van der Waals surface area contributed by atoms with Crippen LogP contribution in [0.25, 0.3) is 38.6 Å². The van der Waals surface area contributed by atoms with E-state index in [0.29, 0.717) is 5.56 Å². The number of hydrogen-bond donors (Lipinski definition) is 0. The summed E-state index contributed by atoms with van der Waals surface area (Å²) in [6.07, 6.45) is 0. The van der Waals surface area contributed by atoms with Crippen molar-refractivity contribution in [2.24, 2.45) is 0 Å². The van der Waals surface area contributed by atoms with Gasteiger partial charge in [-0.15, -0.1) is 0 Å². The molecule has 2 nitrogen and oxygen atoms in total. The summed E-state index contributed by atoms with van der Waals surface area (Å²) in [6.45, 7) is 13.6. The summed E-state index contributed by atoms with van der Waals surface area (Å²) in [5, 5.41) is 12.3. The molecule has 174 valence electrons. The summed E-state index contributed by atoms with van der Waals surface area (Å²) < 4.78 is 2.37. The van der Waals surface area contributed by atoms with E-state index in [1.807, 2.05) is 24.3 Å². The maximum Gasteiger partial charge on any atom is 0.0998 e. The standard InChI is InChI=1S/C33H32N2/c1-32(2,3)23-15-17-30-27(19-23)28-20-24(33(4,5)6)16-18-31(28)35(30)29-14-10-9-13-26(29)25-12-8-7-11-22(25)21-34/h7-20H,1-6H3. The summed E-state index contributed by atoms with van der Waals surface area (Å²) in [7, 11) is 0. The first-order valence-electron chi connectivity index (χ1n) is 12.3. The molecule has 0 fully saturated rings. The molecule has 0 amide bonds. The van der Waals surface area contributed by atoms with Gasteiger partial charge < -0.3 is 4.57 Å². The monoisotopic (exact) mass is 456 g/mol. The van der Waals surface area contributed by atoms with Crippen LogP contribution < -0.4 is 0 Å². The summed E-state index contributed by atoms with van der Waals surface area (Å²) in [5.74, 6) is 0. The largest absolute Gasteiger partial charge is 0.309 e. The molecule has 5 aromatic rings. The van der Waals surface area contributed by atoms with E-state index in [1.54, 1.807) is 0 Å². The molecule has 0 spiro atoms. The predicted octanol–water partition coefficient (Wildman–Crippen LogP) is 8.92. The van der Waals surface area contributed by atoms with Crippen molar-refractivity contribution in [3.05, 3.63) is 102 Å². The zero-order chi connectivity index (χ0) is 25.0. The van der Waals surface area contributed by atoms with Crippen molar-refractivity contribution in [1.29, 1.82) is 5.26 Å². The molecule has 0 saturated heterocycles. The Morgan fingerprint density at radius 2 is 1.09 bits per heavy atom. The predicted molar refractivity (Wildman–Crippen MR) is 148 cm³/mol. The second-order valence-corrected chi connectivity index (χ2v) is 11.5. The van der Waals surface area contributed by atoms with Crippen molar-refractivity contribution in [1.82, 2.24) is 4.57 Å². The second-order valence-electron chi connectivity index (χ2n) is 11.5. The summed E-state index contributed by atoms with van der Waals surface area (Å²) in [5.41, 5.74) is 8.93. The topological polar surface area (TPSA) is 28.7 Å². The summed E-state index contributed by atoms with van der Waals surface area (Å²) in [6, 6.07) is 32.4. The van der Waals surface area contributed by atoms with Crippen LogP contribution in [0, 0.1) is 11.3 Å². The minimum absolute atomic E-state index is 0.0634. The molecule has 0 aliphatic heterocycles. The Kier molecular flexibility index (Phi) is 5.33. The van der Waals surface area contributed by atoms with Crippen molar-refractivity contribution >= 4 is 21.8 Å². The van der Waals surface area contributed by atoms with Crippen molar-refractivity contribution in [2.45, 2.75) is 52.4 Å². The van der Waals surface area contributed by atoms with Crippen LogP contribution in [-0.2, 0) is 10.8 Å². The van der Waals surface area contributed by atoms with Gasteiger partial charge in [-0.25, -0.2) is 0 Å². The lowest BCUT2D eigenvalue weighted by molar-refractivity contribution is 0.590. The Labute approximate surface area is 208 Å². The minimum Gasteiger partial charge on any atom is -0.309 e. The smallest absolute Gasteiger partial charge is 0.0998 e. The molecule has 1 heterocycles. The zero-order valence-corrected chi connectivity index (χ0v) is 21.5. The normalized spacial score (nSPS) is 12.3. The third-order valence-corrected chi connectivity index (χ3v) is 6.98. The molecule has 5 rings (SSSR count). The molecule has 0 saturated carbocycles. The average Bonchev–Trinajstić information content (AvgIpc) is 3.16. The highest BCUT2D eigenvalue weighted by molar-refractivity contribution is 6.10. The molecule has 0 N–H and O–H groups in total. The van der Waals surface area contributed by atoms with Crippen LogP contribution in [0.2, 0.25) is 0 Å². The van der Waals surface area contributed by atoms with E-state index < -0.39 is 0 Å². The van der Waals surface area contributed by atoms with E-state index >= 15 is 0 Å². The number of nitriles is 1. The van der Waals surface area contributed by atoms with Gasteiger partial charge >= 0.3 is 0 Å². The third kappa shape index (κ3) is 3.92. The third-order valence-electron chi connectivity index (χ3n) is 6.98. The Hall–Kier alpha value is -3.83. The van der Waals surface area contributed by atoms with E-state index in [1.165, 1.54) is 32.9 Å². The maximum absolute atomic E-state index is 9.80. The molecule has 0 radical (unpaired) electrons. The van der Waals surface area contributed by atoms with Gasteiger partial charge in [0.15, 0.2) is 0 Å². The van der Waals surface area contributed by atoms with Gasteiger partial charge in [-0.05, 0) is 58.4 Å². The van der Waals surface area contributed by atoms with Crippen molar-refractivity contribution in [3.63, 3.8) is 0 Å². The van der Waals surface area contributed by atoms with Gasteiger partial charge in [0.25, 0.3) is 0 Å². The number of nitrogens with zero attached hydrogens (tertiary/aromatic N) is 2. The zero-order valence-electron chi connectivity index (χ0n) is 21.5. The number of benzene rings is 4. The van der Waals surface area contributed by atoms with Crippen LogP contribution in [0.4, 0.5) is 0 Å². The van der Waals surface area contributed by atoms with Gasteiger partial charge in [0.1, 0.15) is 0 Å². The van der Waals surface area contributed by atoms with Crippen molar-refractivity contribution in [2.75, 3.05) is 0 Å². The van der Waals surface area contributed by atoms with Gasteiger partial charge in [0.05, 0.1) is 28.4 Å². The molecule has 2 heteroatoms. The van der Waals surface area contributed by atoms with Crippen LogP contribution >= 0.6 is 0 Å². The van der Waals surface area contributed by atoms with Gasteiger partial charge in [-0.3, -0.25) is 0 Å². The minimum atomic E-state index is 0.0634. The Bertz CT molecular complexity index is 1540. The quantitative estimate of drug-likeness (QED) is 0.261. The number of para-hydroxylation sites is 1. The molecule has 0 unspecified atom stereocenters. The highest BCUT2D eigenvalue weighted by Crippen LogP contribution is 2.40. The molecular weight excluding hydrogens is 424 g/mol. The fourth-order valence-electron chi connectivity index (χ4n) is 4.93. The van der Waals surface area contributed by atoms with Crippen LogP contribution in [0.15, 0.2) is 84.9 Å². The number of rotatable bonds is 2. The van der Waals surface area contributed by atoms with Crippen molar-refractivity contribution in [3.8, 4) is 22.9 Å². The Morgan fingerprint density at radius 1 is 0.600 bits per heavy atom. The number of hydrogen-bond acceptors (Lipinski definition) is 1. The molecule has 0 aliphatic carbocycles. The average molecular weight is 457 g/mol. The molecule has 0 atom stereocenters. The first kappa shape index (κ1) is 22.9. The van der Waals surface area contributed by atoms with E-state index in [2.05, 4.69) is 113 Å².